The Morgan fingerprint density at radius 3 is 2.95 bits per heavy atom. The van der Waals surface area contributed by atoms with Crippen LogP contribution in [0.25, 0.3) is 0 Å². The molecule has 0 saturated carbocycles. The zero-order valence-electron chi connectivity index (χ0n) is 13.0. The molecule has 3 rings (SSSR count). The lowest BCUT2D eigenvalue weighted by Gasteiger charge is -2.19. The number of para-hydroxylation sites is 1. The highest BCUT2D eigenvalue weighted by Gasteiger charge is 2.33. The number of thiocarbonyl (C=S) groups is 1. The average Bonchev–Trinajstić information content (AvgIpc) is 2.88. The number of amides is 1. The van der Waals surface area contributed by atoms with Gasteiger partial charge in [0.15, 0.2) is 16.6 Å². The van der Waals surface area contributed by atoms with Crippen molar-refractivity contribution in [3.63, 3.8) is 0 Å². The summed E-state index contributed by atoms with van der Waals surface area (Å²) in [4.78, 5) is 13.5. The van der Waals surface area contributed by atoms with E-state index in [1.54, 1.807) is 11.8 Å². The van der Waals surface area contributed by atoms with Gasteiger partial charge < -0.3 is 14.8 Å². The zero-order chi connectivity index (χ0) is 15.9. The van der Waals surface area contributed by atoms with Gasteiger partial charge in [-0.25, -0.2) is 0 Å². The van der Waals surface area contributed by atoms with E-state index in [4.69, 9.17) is 21.7 Å². The summed E-state index contributed by atoms with van der Waals surface area (Å²) in [6.45, 7) is 6.73. The summed E-state index contributed by atoms with van der Waals surface area (Å²) < 4.78 is 11.8. The van der Waals surface area contributed by atoms with Crippen molar-refractivity contribution in [3.05, 3.63) is 23.8 Å². The second-order valence-corrected chi connectivity index (χ2v) is 6.68. The van der Waals surface area contributed by atoms with Gasteiger partial charge in [-0.05, 0) is 39.1 Å². The van der Waals surface area contributed by atoms with Crippen LogP contribution in [0.15, 0.2) is 18.2 Å². The van der Waals surface area contributed by atoms with Crippen molar-refractivity contribution in [1.82, 2.24) is 10.2 Å². The molecule has 22 heavy (non-hydrogen) atoms. The Bertz CT molecular complexity index is 630. The third kappa shape index (κ3) is 2.75. The van der Waals surface area contributed by atoms with Crippen LogP contribution in [-0.4, -0.2) is 40.7 Å². The number of carbonyl (C=O) groups is 1. The monoisotopic (exact) mass is 320 g/mol. The van der Waals surface area contributed by atoms with Gasteiger partial charge in [0.25, 0.3) is 5.91 Å². The Labute approximate surface area is 135 Å². The fourth-order valence-corrected chi connectivity index (χ4v) is 3.18. The molecule has 1 aromatic carbocycles. The maximum Gasteiger partial charge on any atom is 0.251 e. The van der Waals surface area contributed by atoms with Crippen LogP contribution in [-0.2, 0) is 11.2 Å². The third-order valence-corrected chi connectivity index (χ3v) is 4.19. The molecule has 0 aliphatic carbocycles. The Kier molecular flexibility index (Phi) is 3.72. The molecule has 0 radical (unpaired) electrons. The van der Waals surface area contributed by atoms with Crippen molar-refractivity contribution in [2.45, 2.75) is 38.8 Å². The van der Waals surface area contributed by atoms with Crippen LogP contribution in [0.1, 0.15) is 26.3 Å². The first-order valence-electron chi connectivity index (χ1n) is 7.43. The molecule has 118 valence electrons. The zero-order valence-corrected chi connectivity index (χ0v) is 13.8. The number of fused-ring (bicyclic) bond motifs is 1. The summed E-state index contributed by atoms with van der Waals surface area (Å²) >= 11 is 5.15. The normalized spacial score (nSPS) is 22.3. The molecule has 2 aliphatic rings. The Morgan fingerprint density at radius 1 is 1.50 bits per heavy atom. The molecule has 1 fully saturated rings. The van der Waals surface area contributed by atoms with Crippen molar-refractivity contribution in [2.24, 2.45) is 0 Å². The summed E-state index contributed by atoms with van der Waals surface area (Å²) in [7, 11) is 0. The summed E-state index contributed by atoms with van der Waals surface area (Å²) in [5.41, 5.74) is 0.957. The number of nitrogens with one attached hydrogen (secondary N) is 1. The molecule has 0 bridgehead atoms. The fraction of sp³-hybridized carbons (Fsp3) is 0.500. The summed E-state index contributed by atoms with van der Waals surface area (Å²) in [6.07, 6.45) is 0.871. The van der Waals surface area contributed by atoms with Crippen LogP contribution < -0.4 is 14.8 Å². The first-order valence-corrected chi connectivity index (χ1v) is 7.84. The van der Waals surface area contributed by atoms with Gasteiger partial charge in [-0.1, -0.05) is 12.1 Å². The number of rotatable bonds is 4. The predicted molar refractivity (Wildman–Crippen MR) is 87.3 cm³/mol. The summed E-state index contributed by atoms with van der Waals surface area (Å²) in [5, 5.41) is 3.41. The molecule has 0 unspecified atom stereocenters. The van der Waals surface area contributed by atoms with Crippen LogP contribution in [0, 0.1) is 0 Å². The number of benzene rings is 1. The van der Waals surface area contributed by atoms with Crippen LogP contribution in [0.3, 0.4) is 0 Å². The summed E-state index contributed by atoms with van der Waals surface area (Å²) in [6, 6.07) is 5.67. The molecule has 1 amide bonds. The van der Waals surface area contributed by atoms with Gasteiger partial charge in [0.1, 0.15) is 18.2 Å². The predicted octanol–water partition coefficient (Wildman–Crippen LogP) is 1.88. The van der Waals surface area contributed by atoms with E-state index < -0.39 is 0 Å². The van der Waals surface area contributed by atoms with Crippen LogP contribution in [0.2, 0.25) is 0 Å². The molecular formula is C16H20N2O3S. The highest BCUT2D eigenvalue weighted by molar-refractivity contribution is 7.80. The lowest BCUT2D eigenvalue weighted by Crippen LogP contribution is -2.34. The topological polar surface area (TPSA) is 50.8 Å². The SMILES string of the molecule is C[C@H]1NC(=S)N(CCOc2cccc3c2OC(C)(C)C3)C1=O. The third-order valence-electron chi connectivity index (χ3n) is 3.85. The van der Waals surface area contributed by atoms with Crippen LogP contribution in [0.5, 0.6) is 11.5 Å². The molecule has 1 atom stereocenters. The maximum atomic E-state index is 11.9. The lowest BCUT2D eigenvalue weighted by molar-refractivity contribution is -0.126. The molecule has 2 heterocycles. The van der Waals surface area contributed by atoms with Gasteiger partial charge in [0, 0.05) is 12.0 Å². The van der Waals surface area contributed by atoms with Crippen LogP contribution >= 0.6 is 12.2 Å². The minimum Gasteiger partial charge on any atom is -0.488 e. The van der Waals surface area contributed by atoms with E-state index in [0.29, 0.717) is 18.3 Å². The molecule has 5 nitrogen and oxygen atoms in total. The van der Waals surface area contributed by atoms with E-state index in [2.05, 4.69) is 25.2 Å². The molecule has 0 aromatic heterocycles. The van der Waals surface area contributed by atoms with Crippen LogP contribution in [0.4, 0.5) is 0 Å². The van der Waals surface area contributed by atoms with E-state index in [1.807, 2.05) is 12.1 Å². The Balaban J connectivity index is 1.63. The maximum absolute atomic E-state index is 11.9. The number of nitrogens with zero attached hydrogens (tertiary/aromatic N) is 1. The van der Waals surface area contributed by atoms with Crippen molar-refractivity contribution in [2.75, 3.05) is 13.2 Å². The summed E-state index contributed by atoms with van der Waals surface area (Å²) in [5.74, 6) is 1.53. The lowest BCUT2D eigenvalue weighted by atomic mass is 10.0. The minimum absolute atomic E-state index is 0.00993. The van der Waals surface area contributed by atoms with Gasteiger partial charge in [0.2, 0.25) is 0 Å². The number of hydrogen-bond acceptors (Lipinski definition) is 4. The molecule has 1 aromatic rings. The van der Waals surface area contributed by atoms with Crippen molar-refractivity contribution in [3.8, 4) is 11.5 Å². The van der Waals surface area contributed by atoms with Crippen molar-refractivity contribution >= 4 is 23.2 Å². The van der Waals surface area contributed by atoms with Gasteiger partial charge in [-0.15, -0.1) is 0 Å². The standard InChI is InChI=1S/C16H20N2O3S/c1-10-14(19)18(15(22)17-10)7-8-20-12-6-4-5-11-9-16(2,3)21-13(11)12/h4-6,10H,7-9H2,1-3H3,(H,17,22)/t10-/m1/s1. The quantitative estimate of drug-likeness (QED) is 0.859. The van der Waals surface area contributed by atoms with Crippen molar-refractivity contribution in [1.29, 1.82) is 0 Å². The van der Waals surface area contributed by atoms with Gasteiger partial charge >= 0.3 is 0 Å². The van der Waals surface area contributed by atoms with Gasteiger partial charge in [-0.2, -0.15) is 0 Å². The first kappa shape index (κ1) is 15.1. The molecule has 6 heteroatoms. The van der Waals surface area contributed by atoms with E-state index >= 15 is 0 Å². The second-order valence-electron chi connectivity index (χ2n) is 6.29. The molecule has 2 aliphatic heterocycles. The molecule has 1 N–H and O–H groups in total. The minimum atomic E-state index is -0.252. The molecular weight excluding hydrogens is 300 g/mol. The fourth-order valence-electron chi connectivity index (χ4n) is 2.82. The van der Waals surface area contributed by atoms with E-state index in [0.717, 1.165) is 23.5 Å². The van der Waals surface area contributed by atoms with Gasteiger partial charge in [0.05, 0.1) is 6.54 Å². The average molecular weight is 320 g/mol. The first-order chi connectivity index (χ1) is 10.4. The largest absolute Gasteiger partial charge is 0.488 e. The van der Waals surface area contributed by atoms with E-state index in [-0.39, 0.29) is 17.6 Å². The number of hydrogen-bond donors (Lipinski definition) is 1. The van der Waals surface area contributed by atoms with Crippen molar-refractivity contribution < 1.29 is 14.3 Å². The second kappa shape index (κ2) is 5.43. The Morgan fingerprint density at radius 2 is 2.27 bits per heavy atom. The Hall–Kier alpha value is -1.82. The van der Waals surface area contributed by atoms with E-state index in [9.17, 15) is 4.79 Å². The number of ether oxygens (including phenoxy) is 2. The highest BCUT2D eigenvalue weighted by atomic mass is 32.1. The van der Waals surface area contributed by atoms with E-state index in [1.165, 1.54) is 0 Å². The van der Waals surface area contributed by atoms with Gasteiger partial charge in [-0.3, -0.25) is 9.69 Å². The molecule has 0 spiro atoms. The number of carbonyl (C=O) groups excluding carboxylic acids is 1. The molecule has 1 saturated heterocycles. The highest BCUT2D eigenvalue weighted by Crippen LogP contribution is 2.41. The smallest absolute Gasteiger partial charge is 0.251 e.